The Hall–Kier alpha value is -2.42. The number of anilines is 1. The first-order valence-corrected chi connectivity index (χ1v) is 9.79. The summed E-state index contributed by atoms with van der Waals surface area (Å²) in [5.74, 6) is 0. The van der Waals surface area contributed by atoms with Crippen molar-refractivity contribution in [3.05, 3.63) is 42.5 Å². The van der Waals surface area contributed by atoms with Crippen LogP contribution in [0.2, 0.25) is 0 Å². The monoisotopic (exact) mass is 401 g/mol. The van der Waals surface area contributed by atoms with Crippen LogP contribution in [0, 0.1) is 0 Å². The summed E-state index contributed by atoms with van der Waals surface area (Å²) in [6, 6.07) is 14.1. The van der Waals surface area contributed by atoms with E-state index in [9.17, 15) is 4.79 Å². The number of hydrogen-bond donors (Lipinski definition) is 3. The van der Waals surface area contributed by atoms with Crippen LogP contribution >= 0.6 is 12.2 Å². The number of amides is 1. The van der Waals surface area contributed by atoms with Gasteiger partial charge in [0.1, 0.15) is 12.2 Å². The molecule has 0 aromatic heterocycles. The molecule has 2 aliphatic rings. The Balaban J connectivity index is 1.36. The molecule has 2 aliphatic heterocycles. The zero-order chi connectivity index (χ0) is 19.5. The molecule has 4 unspecified atom stereocenters. The molecule has 1 amide bonds. The minimum Gasteiger partial charge on any atom is -0.441 e. The van der Waals surface area contributed by atoms with Crippen molar-refractivity contribution >= 4 is 39.9 Å². The van der Waals surface area contributed by atoms with Crippen LogP contribution in [0.1, 0.15) is 6.92 Å². The van der Waals surface area contributed by atoms with Gasteiger partial charge in [0.2, 0.25) is 0 Å². The number of thiocarbonyl (C=S) groups is 1. The highest BCUT2D eigenvalue weighted by Gasteiger charge is 2.49. The third kappa shape index (κ3) is 3.89. The van der Waals surface area contributed by atoms with Gasteiger partial charge in [-0.2, -0.15) is 0 Å². The fourth-order valence-electron chi connectivity index (χ4n) is 3.67. The fourth-order valence-corrected chi connectivity index (χ4v) is 3.93. The van der Waals surface area contributed by atoms with Crippen LogP contribution in [0.4, 0.5) is 10.5 Å². The zero-order valence-corrected chi connectivity index (χ0v) is 16.3. The Kier molecular flexibility index (Phi) is 5.61. The average molecular weight is 401 g/mol. The second kappa shape index (κ2) is 8.30. The number of fused-ring (bicyclic) bond motifs is 2. The van der Waals surface area contributed by atoms with Gasteiger partial charge >= 0.3 is 6.09 Å². The second-order valence-electron chi connectivity index (χ2n) is 6.80. The summed E-state index contributed by atoms with van der Waals surface area (Å²) < 4.78 is 17.0. The normalized spacial score (nSPS) is 25.9. The molecule has 2 aromatic carbocycles. The Morgan fingerprint density at radius 3 is 2.79 bits per heavy atom. The summed E-state index contributed by atoms with van der Waals surface area (Å²) in [6.07, 6.45) is -1.37. The molecule has 2 fully saturated rings. The minimum absolute atomic E-state index is 0.109. The lowest BCUT2D eigenvalue weighted by Gasteiger charge is -2.20. The van der Waals surface area contributed by atoms with Crippen LogP contribution in [0.5, 0.6) is 0 Å². The largest absolute Gasteiger partial charge is 0.441 e. The number of benzene rings is 2. The van der Waals surface area contributed by atoms with Crippen LogP contribution < -0.4 is 16.0 Å². The van der Waals surface area contributed by atoms with Gasteiger partial charge in [-0.05, 0) is 30.6 Å². The molecule has 2 saturated heterocycles. The maximum Gasteiger partial charge on any atom is 0.407 e. The molecule has 7 nitrogen and oxygen atoms in total. The third-order valence-corrected chi connectivity index (χ3v) is 5.16. The molecule has 2 aromatic rings. The van der Waals surface area contributed by atoms with Gasteiger partial charge in [0, 0.05) is 17.6 Å². The maximum absolute atomic E-state index is 11.7. The van der Waals surface area contributed by atoms with Crippen molar-refractivity contribution in [3.8, 4) is 0 Å². The summed E-state index contributed by atoms with van der Waals surface area (Å²) in [5, 5.41) is 11.9. The topological polar surface area (TPSA) is 80.9 Å². The smallest absolute Gasteiger partial charge is 0.407 e. The van der Waals surface area contributed by atoms with E-state index in [1.165, 1.54) is 0 Å². The summed E-state index contributed by atoms with van der Waals surface area (Å²) in [4.78, 5) is 11.7. The standard InChI is InChI=1S/C20H23N3O4S/c1-2-21-20(24)27-16-11-26-17-15(10-25-18(16)17)23-19(28)22-14-9-5-7-12-6-3-4-8-13(12)14/h3-9,15-18H,2,10-11H2,1H3,(H,21,24)(H2,22,23,28). The van der Waals surface area contributed by atoms with E-state index in [1.54, 1.807) is 0 Å². The van der Waals surface area contributed by atoms with E-state index in [4.69, 9.17) is 26.4 Å². The summed E-state index contributed by atoms with van der Waals surface area (Å²) in [6.45, 7) is 3.10. The van der Waals surface area contributed by atoms with E-state index in [0.717, 1.165) is 16.5 Å². The average Bonchev–Trinajstić information content (AvgIpc) is 3.26. The third-order valence-electron chi connectivity index (χ3n) is 4.94. The van der Waals surface area contributed by atoms with Crippen molar-refractivity contribution in [3.63, 3.8) is 0 Å². The molecule has 4 atom stereocenters. The number of rotatable bonds is 4. The molecule has 0 aliphatic carbocycles. The van der Waals surface area contributed by atoms with Crippen molar-refractivity contribution in [1.29, 1.82) is 0 Å². The summed E-state index contributed by atoms with van der Waals surface area (Å²) in [5.41, 5.74) is 0.941. The number of ether oxygens (including phenoxy) is 3. The molecule has 0 radical (unpaired) electrons. The molecular formula is C20H23N3O4S. The number of carbonyl (C=O) groups is 1. The number of carbonyl (C=O) groups excluding carboxylic acids is 1. The van der Waals surface area contributed by atoms with Crippen molar-refractivity contribution in [1.82, 2.24) is 10.6 Å². The fraction of sp³-hybridized carbons (Fsp3) is 0.400. The van der Waals surface area contributed by atoms with Gasteiger partial charge in [-0.25, -0.2) is 4.79 Å². The second-order valence-corrected chi connectivity index (χ2v) is 7.21. The van der Waals surface area contributed by atoms with Crippen molar-refractivity contribution in [2.24, 2.45) is 0 Å². The van der Waals surface area contributed by atoms with Crippen molar-refractivity contribution in [2.45, 2.75) is 31.3 Å². The molecular weight excluding hydrogens is 378 g/mol. The highest BCUT2D eigenvalue weighted by molar-refractivity contribution is 7.80. The van der Waals surface area contributed by atoms with Gasteiger partial charge < -0.3 is 30.2 Å². The van der Waals surface area contributed by atoms with Gasteiger partial charge in [-0.15, -0.1) is 0 Å². The Morgan fingerprint density at radius 2 is 1.93 bits per heavy atom. The van der Waals surface area contributed by atoms with E-state index in [-0.39, 0.29) is 18.2 Å². The van der Waals surface area contributed by atoms with E-state index >= 15 is 0 Å². The van der Waals surface area contributed by atoms with Crippen LogP contribution in [0.15, 0.2) is 42.5 Å². The lowest BCUT2D eigenvalue weighted by molar-refractivity contribution is 0.00425. The first-order valence-electron chi connectivity index (χ1n) is 9.38. The molecule has 3 N–H and O–H groups in total. The Bertz CT molecular complexity index is 872. The van der Waals surface area contributed by atoms with Crippen LogP contribution in [-0.4, -0.2) is 55.3 Å². The predicted molar refractivity (Wildman–Crippen MR) is 111 cm³/mol. The first-order chi connectivity index (χ1) is 13.7. The van der Waals surface area contributed by atoms with Crippen LogP contribution in [0.25, 0.3) is 10.8 Å². The van der Waals surface area contributed by atoms with Crippen LogP contribution in [0.3, 0.4) is 0 Å². The van der Waals surface area contributed by atoms with Gasteiger partial charge in [0.25, 0.3) is 0 Å². The number of hydrogen-bond acceptors (Lipinski definition) is 5. The van der Waals surface area contributed by atoms with Crippen molar-refractivity contribution in [2.75, 3.05) is 25.1 Å². The molecule has 2 heterocycles. The summed E-state index contributed by atoms with van der Waals surface area (Å²) >= 11 is 5.50. The van der Waals surface area contributed by atoms with E-state index in [2.05, 4.69) is 34.1 Å². The zero-order valence-electron chi connectivity index (χ0n) is 15.5. The lowest BCUT2D eigenvalue weighted by Crippen LogP contribution is -2.46. The molecule has 0 saturated carbocycles. The molecule has 148 valence electrons. The maximum atomic E-state index is 11.7. The van der Waals surface area contributed by atoms with Gasteiger partial charge in [0.15, 0.2) is 11.2 Å². The highest BCUT2D eigenvalue weighted by Crippen LogP contribution is 2.29. The predicted octanol–water partition coefficient (Wildman–Crippen LogP) is 2.41. The van der Waals surface area contributed by atoms with E-state index in [0.29, 0.717) is 24.9 Å². The molecule has 8 heteroatoms. The van der Waals surface area contributed by atoms with Gasteiger partial charge in [-0.3, -0.25) is 0 Å². The molecule has 28 heavy (non-hydrogen) atoms. The minimum atomic E-state index is -0.454. The lowest BCUT2D eigenvalue weighted by atomic mass is 10.1. The Morgan fingerprint density at radius 1 is 1.14 bits per heavy atom. The molecule has 0 spiro atoms. The SMILES string of the molecule is CCNC(=O)OC1COC2C(NC(=S)Nc3cccc4ccccc34)COC12. The highest BCUT2D eigenvalue weighted by atomic mass is 32.1. The Labute approximate surface area is 168 Å². The van der Waals surface area contributed by atoms with Crippen LogP contribution in [-0.2, 0) is 14.2 Å². The number of alkyl carbamates (subject to hydrolysis) is 1. The summed E-state index contributed by atoms with van der Waals surface area (Å²) in [7, 11) is 0. The van der Waals surface area contributed by atoms with E-state index in [1.807, 2.05) is 31.2 Å². The van der Waals surface area contributed by atoms with Gasteiger partial charge in [-0.1, -0.05) is 36.4 Å². The molecule has 4 rings (SSSR count). The van der Waals surface area contributed by atoms with Crippen molar-refractivity contribution < 1.29 is 19.0 Å². The molecule has 0 bridgehead atoms. The number of nitrogens with one attached hydrogen (secondary N) is 3. The quantitative estimate of drug-likeness (QED) is 0.679. The van der Waals surface area contributed by atoms with E-state index < -0.39 is 12.2 Å². The first kappa shape index (κ1) is 18.9. The van der Waals surface area contributed by atoms with Gasteiger partial charge in [0.05, 0.1) is 19.3 Å².